The molecule has 0 aliphatic carbocycles. The molecule has 0 saturated carbocycles. The fourth-order valence-corrected chi connectivity index (χ4v) is 1.28. The molecular weight excluding hydrogens is 180 g/mol. The lowest BCUT2D eigenvalue weighted by Gasteiger charge is -2.07. The summed E-state index contributed by atoms with van der Waals surface area (Å²) in [5.41, 5.74) is 6.60. The van der Waals surface area contributed by atoms with Crippen molar-refractivity contribution in [3.63, 3.8) is 0 Å². The van der Waals surface area contributed by atoms with Crippen molar-refractivity contribution in [2.45, 2.75) is 13.3 Å². The fourth-order valence-electron chi connectivity index (χ4n) is 1.28. The van der Waals surface area contributed by atoms with Gasteiger partial charge in [-0.15, -0.1) is 0 Å². The van der Waals surface area contributed by atoms with Crippen LogP contribution in [0.3, 0.4) is 0 Å². The van der Waals surface area contributed by atoms with Gasteiger partial charge in [0.1, 0.15) is 0 Å². The van der Waals surface area contributed by atoms with Crippen molar-refractivity contribution in [2.24, 2.45) is 11.7 Å². The highest BCUT2D eigenvalue weighted by Gasteiger charge is 2.07. The van der Waals surface area contributed by atoms with Crippen LogP contribution in [0.25, 0.3) is 0 Å². The molecule has 0 aliphatic heterocycles. The van der Waals surface area contributed by atoms with Crippen molar-refractivity contribution in [1.82, 2.24) is 0 Å². The lowest BCUT2D eigenvalue weighted by molar-refractivity contribution is -0.384. The number of benzene rings is 1. The Bertz CT molecular complexity index is 326. The molecule has 4 heteroatoms. The monoisotopic (exact) mass is 194 g/mol. The van der Waals surface area contributed by atoms with Gasteiger partial charge in [-0.3, -0.25) is 10.1 Å². The Morgan fingerprint density at radius 2 is 2.29 bits per heavy atom. The smallest absolute Gasteiger partial charge is 0.269 e. The molecule has 0 heterocycles. The van der Waals surface area contributed by atoms with Gasteiger partial charge < -0.3 is 5.73 Å². The molecular formula is C10H14N2O2. The minimum absolute atomic E-state index is 0.145. The van der Waals surface area contributed by atoms with E-state index in [2.05, 4.69) is 0 Å². The van der Waals surface area contributed by atoms with E-state index in [0.717, 1.165) is 12.0 Å². The van der Waals surface area contributed by atoms with Gasteiger partial charge in [-0.1, -0.05) is 19.1 Å². The second-order valence-corrected chi connectivity index (χ2v) is 3.47. The minimum atomic E-state index is -0.378. The summed E-state index contributed by atoms with van der Waals surface area (Å²) in [4.78, 5) is 10.1. The maximum atomic E-state index is 10.5. The van der Waals surface area contributed by atoms with Gasteiger partial charge in [0.15, 0.2) is 0 Å². The molecule has 76 valence electrons. The molecule has 2 N–H and O–H groups in total. The van der Waals surface area contributed by atoms with Crippen LogP contribution in [0.5, 0.6) is 0 Å². The predicted molar refractivity (Wildman–Crippen MR) is 55.0 cm³/mol. The molecule has 1 unspecified atom stereocenters. The van der Waals surface area contributed by atoms with Gasteiger partial charge in [-0.25, -0.2) is 0 Å². The maximum absolute atomic E-state index is 10.5. The molecule has 0 aromatic heterocycles. The van der Waals surface area contributed by atoms with Gasteiger partial charge in [0, 0.05) is 12.1 Å². The quantitative estimate of drug-likeness (QED) is 0.586. The highest BCUT2D eigenvalue weighted by atomic mass is 16.6. The van der Waals surface area contributed by atoms with E-state index in [4.69, 9.17) is 5.73 Å². The minimum Gasteiger partial charge on any atom is -0.330 e. The highest BCUT2D eigenvalue weighted by molar-refractivity contribution is 5.34. The number of hydrogen-bond acceptors (Lipinski definition) is 3. The first-order valence-corrected chi connectivity index (χ1v) is 4.57. The number of nitro groups is 1. The largest absolute Gasteiger partial charge is 0.330 e. The average Bonchev–Trinajstić information content (AvgIpc) is 2.18. The summed E-state index contributed by atoms with van der Waals surface area (Å²) in [6.45, 7) is 2.63. The number of nitrogens with two attached hydrogens (primary N) is 1. The molecule has 1 atom stereocenters. The zero-order valence-corrected chi connectivity index (χ0v) is 8.14. The normalized spacial score (nSPS) is 12.4. The van der Waals surface area contributed by atoms with Gasteiger partial charge in [-0.05, 0) is 24.4 Å². The Labute approximate surface area is 82.9 Å². The third-order valence-electron chi connectivity index (χ3n) is 2.11. The summed E-state index contributed by atoms with van der Waals surface area (Å²) in [5, 5.41) is 10.5. The molecule has 0 spiro atoms. The Hall–Kier alpha value is -1.42. The Balaban J connectivity index is 2.78. The Kier molecular flexibility index (Phi) is 3.59. The molecule has 1 aromatic rings. The van der Waals surface area contributed by atoms with Crippen molar-refractivity contribution in [3.8, 4) is 0 Å². The molecule has 14 heavy (non-hydrogen) atoms. The molecule has 0 fully saturated rings. The van der Waals surface area contributed by atoms with Crippen molar-refractivity contribution in [1.29, 1.82) is 0 Å². The Morgan fingerprint density at radius 1 is 1.57 bits per heavy atom. The van der Waals surface area contributed by atoms with E-state index in [0.29, 0.717) is 12.5 Å². The van der Waals surface area contributed by atoms with Gasteiger partial charge in [0.25, 0.3) is 5.69 Å². The van der Waals surface area contributed by atoms with Gasteiger partial charge in [0.05, 0.1) is 4.92 Å². The number of nitrogens with zero attached hydrogens (tertiary/aromatic N) is 1. The van der Waals surface area contributed by atoms with Crippen molar-refractivity contribution in [2.75, 3.05) is 6.54 Å². The molecule has 0 amide bonds. The molecule has 0 radical (unpaired) electrons. The van der Waals surface area contributed by atoms with Crippen LogP contribution in [0, 0.1) is 16.0 Å². The summed E-state index contributed by atoms with van der Waals surface area (Å²) in [7, 11) is 0. The highest BCUT2D eigenvalue weighted by Crippen LogP contribution is 2.15. The molecule has 0 saturated heterocycles. The van der Waals surface area contributed by atoms with Crippen molar-refractivity contribution >= 4 is 5.69 Å². The zero-order valence-electron chi connectivity index (χ0n) is 8.14. The molecule has 0 aliphatic rings. The predicted octanol–water partition coefficient (Wildman–Crippen LogP) is 1.73. The lowest BCUT2D eigenvalue weighted by atomic mass is 10.0. The van der Waals surface area contributed by atoms with Crippen molar-refractivity contribution < 1.29 is 4.92 Å². The SMILES string of the molecule is CC(CN)Cc1cccc([N+](=O)[O-])c1. The number of non-ortho nitro benzene ring substituents is 1. The van der Waals surface area contributed by atoms with E-state index in [1.807, 2.05) is 13.0 Å². The first-order valence-electron chi connectivity index (χ1n) is 4.57. The van der Waals surface area contributed by atoms with Crippen LogP contribution in [-0.4, -0.2) is 11.5 Å². The first-order chi connectivity index (χ1) is 6.63. The van der Waals surface area contributed by atoms with Crippen LogP contribution in [0.2, 0.25) is 0 Å². The summed E-state index contributed by atoms with van der Waals surface area (Å²) >= 11 is 0. The van der Waals surface area contributed by atoms with Crippen LogP contribution in [0.1, 0.15) is 12.5 Å². The van der Waals surface area contributed by atoms with E-state index in [9.17, 15) is 10.1 Å². The summed E-state index contributed by atoms with van der Waals surface area (Å²) < 4.78 is 0. The first kappa shape index (κ1) is 10.7. The second-order valence-electron chi connectivity index (χ2n) is 3.47. The molecule has 1 aromatic carbocycles. The number of rotatable bonds is 4. The summed E-state index contributed by atoms with van der Waals surface area (Å²) in [6.07, 6.45) is 0.790. The van der Waals surface area contributed by atoms with E-state index in [1.54, 1.807) is 12.1 Å². The zero-order chi connectivity index (χ0) is 10.6. The third-order valence-corrected chi connectivity index (χ3v) is 2.11. The van der Waals surface area contributed by atoms with Gasteiger partial charge >= 0.3 is 0 Å². The topological polar surface area (TPSA) is 69.2 Å². The third kappa shape index (κ3) is 2.81. The summed E-state index contributed by atoms with van der Waals surface area (Å²) in [5.74, 6) is 0.358. The van der Waals surface area contributed by atoms with Crippen LogP contribution in [0.4, 0.5) is 5.69 Å². The summed E-state index contributed by atoms with van der Waals surface area (Å²) in [6, 6.07) is 6.69. The van der Waals surface area contributed by atoms with E-state index in [-0.39, 0.29) is 10.6 Å². The maximum Gasteiger partial charge on any atom is 0.269 e. The van der Waals surface area contributed by atoms with Gasteiger partial charge in [-0.2, -0.15) is 0 Å². The molecule has 0 bridgehead atoms. The standard InChI is InChI=1S/C10H14N2O2/c1-8(7-11)5-9-3-2-4-10(6-9)12(13)14/h2-4,6,8H,5,7,11H2,1H3. The van der Waals surface area contributed by atoms with Crippen LogP contribution < -0.4 is 5.73 Å². The second kappa shape index (κ2) is 4.72. The van der Waals surface area contributed by atoms with Crippen LogP contribution in [0.15, 0.2) is 24.3 Å². The van der Waals surface area contributed by atoms with Gasteiger partial charge in [0.2, 0.25) is 0 Å². The molecule has 1 rings (SSSR count). The van der Waals surface area contributed by atoms with Crippen molar-refractivity contribution in [3.05, 3.63) is 39.9 Å². The van der Waals surface area contributed by atoms with E-state index < -0.39 is 0 Å². The lowest BCUT2D eigenvalue weighted by Crippen LogP contribution is -2.13. The average molecular weight is 194 g/mol. The van der Waals surface area contributed by atoms with Crippen LogP contribution in [-0.2, 0) is 6.42 Å². The van der Waals surface area contributed by atoms with E-state index in [1.165, 1.54) is 6.07 Å². The molecule has 4 nitrogen and oxygen atoms in total. The fraction of sp³-hybridized carbons (Fsp3) is 0.400. The van der Waals surface area contributed by atoms with Crippen LogP contribution >= 0.6 is 0 Å². The number of hydrogen-bond donors (Lipinski definition) is 1. The number of nitro benzene ring substituents is 1. The Morgan fingerprint density at radius 3 is 2.86 bits per heavy atom. The van der Waals surface area contributed by atoms with E-state index >= 15 is 0 Å².